The van der Waals surface area contributed by atoms with E-state index in [1.807, 2.05) is 24.4 Å². The molecule has 0 spiro atoms. The van der Waals surface area contributed by atoms with E-state index in [2.05, 4.69) is 6.07 Å². The standard InChI is InChI=1S/C16H18ClNO2S/c1-11-8-9-21-15(11)10-18(3)16(19)12(2)20-14-7-5-4-6-13(14)17/h4-9,12H,10H2,1-3H3. The molecule has 5 heteroatoms. The summed E-state index contributed by atoms with van der Waals surface area (Å²) in [5.74, 6) is 0.462. The second-order valence-corrected chi connectivity index (χ2v) is 6.32. The van der Waals surface area contributed by atoms with Crippen LogP contribution >= 0.6 is 22.9 Å². The van der Waals surface area contributed by atoms with E-state index in [-0.39, 0.29) is 5.91 Å². The molecule has 112 valence electrons. The summed E-state index contributed by atoms with van der Waals surface area (Å²) in [6.07, 6.45) is -0.574. The zero-order valence-corrected chi connectivity index (χ0v) is 13.9. The fourth-order valence-electron chi connectivity index (χ4n) is 1.95. The molecule has 0 radical (unpaired) electrons. The fraction of sp³-hybridized carbons (Fsp3) is 0.312. The lowest BCUT2D eigenvalue weighted by Crippen LogP contribution is -2.37. The van der Waals surface area contributed by atoms with Gasteiger partial charge in [-0.25, -0.2) is 0 Å². The van der Waals surface area contributed by atoms with Crippen molar-refractivity contribution in [1.29, 1.82) is 0 Å². The molecular weight excluding hydrogens is 306 g/mol. The molecule has 2 rings (SSSR count). The highest BCUT2D eigenvalue weighted by atomic mass is 35.5. The summed E-state index contributed by atoms with van der Waals surface area (Å²) in [4.78, 5) is 15.2. The quantitative estimate of drug-likeness (QED) is 0.827. The number of hydrogen-bond acceptors (Lipinski definition) is 3. The third-order valence-electron chi connectivity index (χ3n) is 3.21. The van der Waals surface area contributed by atoms with Gasteiger partial charge in [-0.2, -0.15) is 0 Å². The molecule has 1 amide bonds. The average molecular weight is 324 g/mol. The molecule has 1 unspecified atom stereocenters. The molecule has 1 aromatic carbocycles. The van der Waals surface area contributed by atoms with Gasteiger partial charge >= 0.3 is 0 Å². The number of para-hydroxylation sites is 1. The highest BCUT2D eigenvalue weighted by Gasteiger charge is 2.20. The number of carbonyl (C=O) groups excluding carboxylic acids is 1. The number of halogens is 1. The molecule has 0 aliphatic carbocycles. The Morgan fingerprint density at radius 2 is 2.10 bits per heavy atom. The SMILES string of the molecule is Cc1ccsc1CN(C)C(=O)C(C)Oc1ccccc1Cl. The molecular formula is C16H18ClNO2S. The Morgan fingerprint density at radius 1 is 1.38 bits per heavy atom. The maximum absolute atomic E-state index is 12.4. The van der Waals surface area contributed by atoms with Crippen LogP contribution in [0.1, 0.15) is 17.4 Å². The van der Waals surface area contributed by atoms with Crippen molar-refractivity contribution < 1.29 is 9.53 Å². The number of ether oxygens (including phenoxy) is 1. The Labute approximate surface area is 134 Å². The van der Waals surface area contributed by atoms with E-state index < -0.39 is 6.10 Å². The molecule has 1 aromatic heterocycles. The fourth-order valence-corrected chi connectivity index (χ4v) is 3.09. The third-order valence-corrected chi connectivity index (χ3v) is 4.53. The summed E-state index contributed by atoms with van der Waals surface area (Å²) < 4.78 is 5.66. The molecule has 0 N–H and O–H groups in total. The van der Waals surface area contributed by atoms with Crippen LogP contribution in [0.5, 0.6) is 5.75 Å². The van der Waals surface area contributed by atoms with Gasteiger partial charge in [-0.15, -0.1) is 11.3 Å². The summed E-state index contributed by atoms with van der Waals surface area (Å²) in [5, 5.41) is 2.54. The number of rotatable bonds is 5. The number of aryl methyl sites for hydroxylation is 1. The Morgan fingerprint density at radius 3 is 2.71 bits per heavy atom. The Kier molecular flexibility index (Phi) is 5.26. The van der Waals surface area contributed by atoms with Crippen molar-refractivity contribution in [2.75, 3.05) is 7.05 Å². The van der Waals surface area contributed by atoms with Crippen molar-refractivity contribution in [3.05, 3.63) is 51.2 Å². The van der Waals surface area contributed by atoms with Gasteiger partial charge < -0.3 is 9.64 Å². The topological polar surface area (TPSA) is 29.5 Å². The van der Waals surface area contributed by atoms with Crippen LogP contribution in [0, 0.1) is 6.92 Å². The first kappa shape index (κ1) is 15.9. The maximum Gasteiger partial charge on any atom is 0.263 e. The van der Waals surface area contributed by atoms with Crippen molar-refractivity contribution in [3.63, 3.8) is 0 Å². The second kappa shape index (κ2) is 6.96. The summed E-state index contributed by atoms with van der Waals surface area (Å²) in [6, 6.07) is 9.22. The highest BCUT2D eigenvalue weighted by Crippen LogP contribution is 2.25. The zero-order valence-electron chi connectivity index (χ0n) is 12.3. The zero-order chi connectivity index (χ0) is 15.4. The van der Waals surface area contributed by atoms with Crippen molar-refractivity contribution in [3.8, 4) is 5.75 Å². The monoisotopic (exact) mass is 323 g/mol. The van der Waals surface area contributed by atoms with E-state index in [4.69, 9.17) is 16.3 Å². The van der Waals surface area contributed by atoms with Gasteiger partial charge in [0.25, 0.3) is 5.91 Å². The molecule has 2 aromatic rings. The summed E-state index contributed by atoms with van der Waals surface area (Å²) in [7, 11) is 1.79. The molecule has 0 aliphatic heterocycles. The minimum absolute atomic E-state index is 0.0669. The van der Waals surface area contributed by atoms with Crippen LogP contribution < -0.4 is 4.74 Å². The van der Waals surface area contributed by atoms with Crippen molar-refractivity contribution in [2.45, 2.75) is 26.5 Å². The van der Waals surface area contributed by atoms with E-state index in [1.165, 1.54) is 10.4 Å². The molecule has 0 bridgehead atoms. The first-order valence-electron chi connectivity index (χ1n) is 6.68. The van der Waals surface area contributed by atoms with Crippen LogP contribution in [0.25, 0.3) is 0 Å². The van der Waals surface area contributed by atoms with Crippen molar-refractivity contribution >= 4 is 28.8 Å². The van der Waals surface area contributed by atoms with Gasteiger partial charge in [-0.05, 0) is 43.0 Å². The number of amides is 1. The molecule has 0 fully saturated rings. The molecule has 0 saturated heterocycles. The van der Waals surface area contributed by atoms with E-state index in [0.29, 0.717) is 17.3 Å². The molecule has 21 heavy (non-hydrogen) atoms. The third kappa shape index (κ3) is 3.99. The maximum atomic E-state index is 12.4. The average Bonchev–Trinajstić information content (AvgIpc) is 2.86. The summed E-state index contributed by atoms with van der Waals surface area (Å²) in [6.45, 7) is 4.38. The van der Waals surface area contributed by atoms with Crippen molar-refractivity contribution in [2.24, 2.45) is 0 Å². The normalized spacial score (nSPS) is 12.0. The predicted octanol–water partition coefficient (Wildman–Crippen LogP) is 4.14. The minimum Gasteiger partial charge on any atom is -0.479 e. The van der Waals surface area contributed by atoms with Gasteiger partial charge in [-0.3, -0.25) is 4.79 Å². The molecule has 3 nitrogen and oxygen atoms in total. The van der Waals surface area contributed by atoms with Crippen LogP contribution in [0.4, 0.5) is 0 Å². The number of carbonyl (C=O) groups is 1. The lowest BCUT2D eigenvalue weighted by molar-refractivity contribution is -0.137. The lowest BCUT2D eigenvalue weighted by Gasteiger charge is -2.22. The second-order valence-electron chi connectivity index (χ2n) is 4.91. The van der Waals surface area contributed by atoms with E-state index in [9.17, 15) is 4.79 Å². The molecule has 0 aliphatic rings. The molecule has 1 heterocycles. The number of thiophene rings is 1. The van der Waals surface area contributed by atoms with Gasteiger partial charge in [0.15, 0.2) is 6.10 Å². The number of likely N-dealkylation sites (N-methyl/N-ethyl adjacent to an activating group) is 1. The van der Waals surface area contributed by atoms with Gasteiger partial charge in [0, 0.05) is 11.9 Å². The number of benzene rings is 1. The minimum atomic E-state index is -0.574. The van der Waals surface area contributed by atoms with E-state index in [1.54, 1.807) is 42.3 Å². The van der Waals surface area contributed by atoms with Crippen LogP contribution in [0.3, 0.4) is 0 Å². The van der Waals surface area contributed by atoms with Crippen LogP contribution in [-0.2, 0) is 11.3 Å². The highest BCUT2D eigenvalue weighted by molar-refractivity contribution is 7.10. The van der Waals surface area contributed by atoms with Crippen molar-refractivity contribution in [1.82, 2.24) is 4.90 Å². The predicted molar refractivity (Wildman–Crippen MR) is 87.1 cm³/mol. The van der Waals surface area contributed by atoms with Crippen LogP contribution in [0.2, 0.25) is 5.02 Å². The molecule has 1 atom stereocenters. The first-order valence-corrected chi connectivity index (χ1v) is 7.94. The van der Waals surface area contributed by atoms with E-state index in [0.717, 1.165) is 0 Å². The Bertz CT molecular complexity index is 626. The van der Waals surface area contributed by atoms with Gasteiger partial charge in [0.1, 0.15) is 5.75 Å². The molecule has 0 saturated carbocycles. The Balaban J connectivity index is 1.99. The largest absolute Gasteiger partial charge is 0.479 e. The summed E-state index contributed by atoms with van der Waals surface area (Å²) in [5.41, 5.74) is 1.21. The number of nitrogens with zero attached hydrogens (tertiary/aromatic N) is 1. The lowest BCUT2D eigenvalue weighted by atomic mass is 10.2. The smallest absolute Gasteiger partial charge is 0.263 e. The van der Waals surface area contributed by atoms with Crippen LogP contribution in [-0.4, -0.2) is 24.0 Å². The van der Waals surface area contributed by atoms with Gasteiger partial charge in [0.05, 0.1) is 11.6 Å². The first-order chi connectivity index (χ1) is 9.99. The van der Waals surface area contributed by atoms with Crippen LogP contribution in [0.15, 0.2) is 35.7 Å². The van der Waals surface area contributed by atoms with Gasteiger partial charge in [0.2, 0.25) is 0 Å². The van der Waals surface area contributed by atoms with Gasteiger partial charge in [-0.1, -0.05) is 23.7 Å². The van der Waals surface area contributed by atoms with E-state index >= 15 is 0 Å². The summed E-state index contributed by atoms with van der Waals surface area (Å²) >= 11 is 7.70. The number of hydrogen-bond donors (Lipinski definition) is 0. The Hall–Kier alpha value is -1.52.